The molecule has 1 atom stereocenters. The van der Waals surface area contributed by atoms with Gasteiger partial charge in [0, 0.05) is 32.2 Å². The number of likely N-dealkylation sites (N-methyl/N-ethyl adjacent to an activating group) is 1. The number of hydrazine groups is 2. The molecule has 7 heteroatoms. The maximum Gasteiger partial charge on any atom is 0.302 e. The minimum Gasteiger partial charge on any atom is -0.279 e. The molecule has 7 nitrogen and oxygen atoms in total. The number of nitrogens with zero attached hydrogens (tertiary/aromatic N) is 3. The van der Waals surface area contributed by atoms with Crippen molar-refractivity contribution in [3.05, 3.63) is 25.3 Å². The first kappa shape index (κ1) is 30.8. The molecule has 1 rings (SSSR count). The zero-order valence-corrected chi connectivity index (χ0v) is 22.7. The van der Waals surface area contributed by atoms with Crippen molar-refractivity contribution in [1.82, 2.24) is 31.1 Å². The third-order valence-electron chi connectivity index (χ3n) is 6.48. The minimum atomic E-state index is -0.975. The Morgan fingerprint density at radius 3 is 1.97 bits per heavy atom. The fraction of sp³-hybridized carbons (Fsp3) is 0.815. The van der Waals surface area contributed by atoms with Crippen LogP contribution in [-0.2, 0) is 4.79 Å². The lowest BCUT2D eigenvalue weighted by Crippen LogP contribution is -2.78. The van der Waals surface area contributed by atoms with Crippen LogP contribution in [0.25, 0.3) is 0 Å². The lowest BCUT2D eigenvalue weighted by molar-refractivity contribution is -0.179. The van der Waals surface area contributed by atoms with Crippen LogP contribution in [0.1, 0.15) is 91.9 Å². The first-order chi connectivity index (χ1) is 16.5. The van der Waals surface area contributed by atoms with E-state index >= 15 is 0 Å². The third-order valence-corrected chi connectivity index (χ3v) is 6.48. The van der Waals surface area contributed by atoms with Gasteiger partial charge >= 0.3 is 5.91 Å². The van der Waals surface area contributed by atoms with Gasteiger partial charge in [0.1, 0.15) is 0 Å². The molecule has 0 aromatic carbocycles. The highest BCUT2D eigenvalue weighted by atomic mass is 16.2. The molecule has 0 aliphatic heterocycles. The molecular formula is C27H54N6O. The average molecular weight is 479 g/mol. The summed E-state index contributed by atoms with van der Waals surface area (Å²) in [6.45, 7) is 20.9. The maximum atomic E-state index is 14.7. The van der Waals surface area contributed by atoms with Crippen LogP contribution in [0.15, 0.2) is 25.3 Å². The Hall–Kier alpha value is -1.25. The summed E-state index contributed by atoms with van der Waals surface area (Å²) in [7, 11) is 0. The van der Waals surface area contributed by atoms with Gasteiger partial charge in [0.05, 0.1) is 0 Å². The van der Waals surface area contributed by atoms with Crippen LogP contribution >= 0.6 is 0 Å². The second-order valence-corrected chi connectivity index (χ2v) is 9.39. The van der Waals surface area contributed by atoms with Gasteiger partial charge in [-0.3, -0.25) is 20.3 Å². The van der Waals surface area contributed by atoms with E-state index in [9.17, 15) is 4.79 Å². The summed E-state index contributed by atoms with van der Waals surface area (Å²) in [5.41, 5.74) is 3.64. The number of amides is 1. The van der Waals surface area contributed by atoms with Crippen molar-refractivity contribution in [1.29, 1.82) is 0 Å². The Kier molecular flexibility index (Phi) is 16.4. The molecule has 0 heterocycles. The highest BCUT2D eigenvalue weighted by molar-refractivity contribution is 5.85. The average Bonchev–Trinajstić information content (AvgIpc) is 2.85. The Morgan fingerprint density at radius 2 is 1.50 bits per heavy atom. The number of carbonyl (C=O) groups excluding carboxylic acids is 1. The lowest BCUT2D eigenvalue weighted by Gasteiger charge is -2.48. The van der Waals surface area contributed by atoms with Gasteiger partial charge in [0.25, 0.3) is 0 Å². The highest BCUT2D eigenvalue weighted by Crippen LogP contribution is 2.21. The van der Waals surface area contributed by atoms with Gasteiger partial charge in [-0.2, -0.15) is 10.1 Å². The molecule has 198 valence electrons. The molecule has 1 unspecified atom stereocenters. The van der Waals surface area contributed by atoms with Crippen molar-refractivity contribution in [3.8, 4) is 0 Å². The molecule has 34 heavy (non-hydrogen) atoms. The van der Waals surface area contributed by atoms with Gasteiger partial charge in [0.2, 0.25) is 5.79 Å². The van der Waals surface area contributed by atoms with E-state index in [0.717, 1.165) is 64.6 Å². The summed E-state index contributed by atoms with van der Waals surface area (Å²) < 4.78 is 0. The van der Waals surface area contributed by atoms with E-state index in [1.54, 1.807) is 5.12 Å². The third kappa shape index (κ3) is 9.42. The fourth-order valence-electron chi connectivity index (χ4n) is 4.64. The molecule has 0 saturated heterocycles. The van der Waals surface area contributed by atoms with Crippen molar-refractivity contribution < 1.29 is 4.79 Å². The van der Waals surface area contributed by atoms with E-state index in [-0.39, 0.29) is 5.91 Å². The van der Waals surface area contributed by atoms with Gasteiger partial charge in [-0.1, -0.05) is 72.0 Å². The molecule has 0 aromatic rings. The van der Waals surface area contributed by atoms with Gasteiger partial charge in [-0.05, 0) is 45.2 Å². The standard InChI is InChI=1S/C27H54N6O/c1-7-13-23-31(24-14-8-2)27(28-12-6,29-20-9-3)26(34)33(32(21-10-4)22-11-5)30-25-18-16-15-17-19-25/h10-11,25,28-30H,4-5,7-9,12-24H2,1-3,6H3. The first-order valence-electron chi connectivity index (χ1n) is 13.9. The number of carbonyl (C=O) groups is 1. The predicted octanol–water partition coefficient (Wildman–Crippen LogP) is 4.41. The number of rotatable bonds is 20. The molecule has 1 saturated carbocycles. The molecule has 0 aromatic heterocycles. The Labute approximate surface area is 210 Å². The summed E-state index contributed by atoms with van der Waals surface area (Å²) in [4.78, 5) is 17.0. The summed E-state index contributed by atoms with van der Waals surface area (Å²) in [5.74, 6) is -0.971. The highest BCUT2D eigenvalue weighted by Gasteiger charge is 2.47. The van der Waals surface area contributed by atoms with Crippen molar-refractivity contribution in [2.24, 2.45) is 0 Å². The number of hydrogen-bond donors (Lipinski definition) is 3. The molecule has 1 aliphatic rings. The van der Waals surface area contributed by atoms with Gasteiger partial charge in [-0.25, -0.2) is 5.43 Å². The number of hydrogen-bond acceptors (Lipinski definition) is 6. The van der Waals surface area contributed by atoms with E-state index in [0.29, 0.717) is 25.7 Å². The second-order valence-electron chi connectivity index (χ2n) is 9.39. The van der Waals surface area contributed by atoms with Crippen LogP contribution in [0.3, 0.4) is 0 Å². The van der Waals surface area contributed by atoms with Gasteiger partial charge in [-0.15, -0.1) is 13.2 Å². The summed E-state index contributed by atoms with van der Waals surface area (Å²) >= 11 is 0. The maximum absolute atomic E-state index is 14.7. The topological polar surface area (TPSA) is 62.9 Å². The fourth-order valence-corrected chi connectivity index (χ4v) is 4.64. The van der Waals surface area contributed by atoms with Crippen LogP contribution in [0.4, 0.5) is 0 Å². The number of nitrogens with one attached hydrogen (secondary N) is 3. The molecule has 1 amide bonds. The monoisotopic (exact) mass is 478 g/mol. The predicted molar refractivity (Wildman–Crippen MR) is 145 cm³/mol. The normalized spacial score (nSPS) is 16.5. The molecule has 1 fully saturated rings. The quantitative estimate of drug-likeness (QED) is 0.137. The number of unbranched alkanes of at least 4 members (excludes halogenated alkanes) is 2. The van der Waals surface area contributed by atoms with Crippen LogP contribution in [-0.4, -0.2) is 72.0 Å². The van der Waals surface area contributed by atoms with Crippen molar-refractivity contribution >= 4 is 5.91 Å². The SMILES string of the molecule is C=CCN(CC=C)N(NC1CCCCC1)C(=O)C(NCC)(NCCC)N(CCCC)CCCC. The van der Waals surface area contributed by atoms with Crippen LogP contribution in [0, 0.1) is 0 Å². The molecule has 0 spiro atoms. The van der Waals surface area contributed by atoms with Gasteiger partial charge in [0.15, 0.2) is 0 Å². The van der Waals surface area contributed by atoms with Crippen LogP contribution in [0.5, 0.6) is 0 Å². The van der Waals surface area contributed by atoms with E-state index in [1.807, 2.05) is 17.2 Å². The smallest absolute Gasteiger partial charge is 0.279 e. The molecule has 0 radical (unpaired) electrons. The molecular weight excluding hydrogens is 424 g/mol. The Bertz CT molecular complexity index is 547. The summed E-state index contributed by atoms with van der Waals surface area (Å²) in [6, 6.07) is 0.292. The summed E-state index contributed by atoms with van der Waals surface area (Å²) in [5, 5.41) is 11.1. The van der Waals surface area contributed by atoms with Gasteiger partial charge < -0.3 is 0 Å². The first-order valence-corrected chi connectivity index (χ1v) is 13.9. The molecule has 3 N–H and O–H groups in total. The summed E-state index contributed by atoms with van der Waals surface area (Å²) in [6.07, 6.45) is 14.8. The van der Waals surface area contributed by atoms with E-state index in [2.05, 4.69) is 61.8 Å². The van der Waals surface area contributed by atoms with Crippen molar-refractivity contribution in [3.63, 3.8) is 0 Å². The van der Waals surface area contributed by atoms with Crippen LogP contribution in [0.2, 0.25) is 0 Å². The minimum absolute atomic E-state index is 0.00396. The second kappa shape index (κ2) is 18.1. The Balaban J connectivity index is 3.48. The zero-order chi connectivity index (χ0) is 25.2. The van der Waals surface area contributed by atoms with E-state index < -0.39 is 5.79 Å². The van der Waals surface area contributed by atoms with Crippen LogP contribution < -0.4 is 16.1 Å². The van der Waals surface area contributed by atoms with E-state index in [4.69, 9.17) is 0 Å². The van der Waals surface area contributed by atoms with Crippen molar-refractivity contribution in [2.75, 3.05) is 39.3 Å². The van der Waals surface area contributed by atoms with Crippen molar-refractivity contribution in [2.45, 2.75) is 104 Å². The van der Waals surface area contributed by atoms with E-state index in [1.165, 1.54) is 19.3 Å². The molecule has 0 bridgehead atoms. The lowest BCUT2D eigenvalue weighted by atomic mass is 9.96. The Morgan fingerprint density at radius 1 is 0.912 bits per heavy atom. The molecule has 1 aliphatic carbocycles. The zero-order valence-electron chi connectivity index (χ0n) is 22.7. The largest absolute Gasteiger partial charge is 0.302 e.